The van der Waals surface area contributed by atoms with Gasteiger partial charge in [0.15, 0.2) is 0 Å². The number of ether oxygens (including phenoxy) is 2. The highest BCUT2D eigenvalue weighted by atomic mass is 35.5. The van der Waals surface area contributed by atoms with E-state index in [9.17, 15) is 14.4 Å². The third-order valence-corrected chi connectivity index (χ3v) is 5.63. The second-order valence-corrected chi connectivity index (χ2v) is 7.46. The zero-order valence-corrected chi connectivity index (χ0v) is 17.9. The monoisotopic (exact) mass is 443 g/mol. The number of amides is 1. The minimum absolute atomic E-state index is 0.0908. The highest BCUT2D eigenvalue weighted by Crippen LogP contribution is 2.35. The van der Waals surface area contributed by atoms with Gasteiger partial charge in [0.05, 0.1) is 25.2 Å². The first kappa shape index (κ1) is 22.2. The Morgan fingerprint density at radius 2 is 1.61 bits per heavy atom. The van der Waals surface area contributed by atoms with Crippen molar-refractivity contribution in [3.63, 3.8) is 0 Å². The minimum Gasteiger partial charge on any atom is -0.462 e. The molecule has 0 fully saturated rings. The topological polar surface area (TPSA) is 81.7 Å². The molecular formula is C19H19Cl2NO5S. The highest BCUT2D eigenvalue weighted by molar-refractivity contribution is 7.18. The van der Waals surface area contributed by atoms with Crippen LogP contribution in [0.1, 0.15) is 45.0 Å². The van der Waals surface area contributed by atoms with Gasteiger partial charge in [0, 0.05) is 10.0 Å². The number of rotatable bonds is 7. The van der Waals surface area contributed by atoms with Crippen molar-refractivity contribution in [2.45, 2.75) is 27.2 Å². The van der Waals surface area contributed by atoms with Crippen LogP contribution in [0.2, 0.25) is 10.0 Å². The van der Waals surface area contributed by atoms with Crippen LogP contribution in [0.5, 0.6) is 0 Å². The van der Waals surface area contributed by atoms with Gasteiger partial charge in [0.25, 0.3) is 0 Å². The Kier molecular flexibility index (Phi) is 7.86. The molecule has 6 nitrogen and oxygen atoms in total. The predicted molar refractivity (Wildman–Crippen MR) is 110 cm³/mol. The molecule has 28 heavy (non-hydrogen) atoms. The lowest BCUT2D eigenvalue weighted by Gasteiger charge is -2.09. The zero-order valence-electron chi connectivity index (χ0n) is 15.6. The number of carbonyl (C=O) groups excluding carboxylic acids is 3. The zero-order chi connectivity index (χ0) is 20.8. The molecule has 0 saturated heterocycles. The molecule has 0 unspecified atom stereocenters. The van der Waals surface area contributed by atoms with Crippen LogP contribution < -0.4 is 5.32 Å². The summed E-state index contributed by atoms with van der Waals surface area (Å²) >= 11 is 13.2. The first-order valence-electron chi connectivity index (χ1n) is 8.50. The third-order valence-electron chi connectivity index (χ3n) is 3.74. The molecule has 1 amide bonds. The van der Waals surface area contributed by atoms with Gasteiger partial charge in [-0.1, -0.05) is 29.3 Å². The van der Waals surface area contributed by atoms with Crippen LogP contribution >= 0.6 is 34.5 Å². The Bertz CT molecular complexity index is 890. The average Bonchev–Trinajstić information content (AvgIpc) is 2.95. The second kappa shape index (κ2) is 9.91. The van der Waals surface area contributed by atoms with Crippen molar-refractivity contribution in [1.82, 2.24) is 0 Å². The van der Waals surface area contributed by atoms with Crippen LogP contribution in [-0.4, -0.2) is 31.1 Å². The molecule has 0 spiro atoms. The Hall–Kier alpha value is -2.09. The average molecular weight is 444 g/mol. The normalized spacial score (nSPS) is 10.5. The number of nitrogens with one attached hydrogen (secondary N) is 1. The van der Waals surface area contributed by atoms with Gasteiger partial charge in [-0.3, -0.25) is 4.79 Å². The molecule has 1 aromatic carbocycles. The van der Waals surface area contributed by atoms with Crippen LogP contribution in [0.25, 0.3) is 0 Å². The number of hydrogen-bond acceptors (Lipinski definition) is 6. The molecule has 1 heterocycles. The lowest BCUT2D eigenvalue weighted by Crippen LogP contribution is -2.17. The molecule has 0 radical (unpaired) electrons. The van der Waals surface area contributed by atoms with Gasteiger partial charge in [-0.15, -0.1) is 11.3 Å². The number of anilines is 1. The van der Waals surface area contributed by atoms with Crippen molar-refractivity contribution in [2.75, 3.05) is 18.5 Å². The van der Waals surface area contributed by atoms with Crippen molar-refractivity contribution >= 4 is 57.4 Å². The fraction of sp³-hybridized carbons (Fsp3) is 0.316. The maximum Gasteiger partial charge on any atom is 0.348 e. The van der Waals surface area contributed by atoms with E-state index >= 15 is 0 Å². The van der Waals surface area contributed by atoms with Gasteiger partial charge in [0.2, 0.25) is 5.91 Å². The van der Waals surface area contributed by atoms with Crippen LogP contribution in [-0.2, 0) is 20.7 Å². The Morgan fingerprint density at radius 3 is 2.18 bits per heavy atom. The number of benzene rings is 1. The van der Waals surface area contributed by atoms with Crippen molar-refractivity contribution in [3.8, 4) is 0 Å². The molecule has 0 saturated carbocycles. The van der Waals surface area contributed by atoms with E-state index in [0.29, 0.717) is 21.2 Å². The fourth-order valence-corrected chi connectivity index (χ4v) is 4.11. The molecule has 0 bridgehead atoms. The van der Waals surface area contributed by atoms with E-state index in [0.717, 1.165) is 11.3 Å². The Labute approximate surface area is 176 Å². The molecule has 0 aliphatic heterocycles. The van der Waals surface area contributed by atoms with E-state index in [1.54, 1.807) is 39.0 Å². The minimum atomic E-state index is -0.627. The second-order valence-electron chi connectivity index (χ2n) is 5.63. The van der Waals surface area contributed by atoms with Crippen molar-refractivity contribution in [2.24, 2.45) is 0 Å². The van der Waals surface area contributed by atoms with Crippen molar-refractivity contribution in [3.05, 3.63) is 49.8 Å². The summed E-state index contributed by atoms with van der Waals surface area (Å²) in [6.07, 6.45) is -0.0908. The lowest BCUT2D eigenvalue weighted by molar-refractivity contribution is -0.115. The van der Waals surface area contributed by atoms with Crippen LogP contribution in [0.3, 0.4) is 0 Å². The molecule has 0 aliphatic carbocycles. The third kappa shape index (κ3) is 5.04. The number of esters is 2. The summed E-state index contributed by atoms with van der Waals surface area (Å²) in [4.78, 5) is 37.3. The smallest absolute Gasteiger partial charge is 0.348 e. The summed E-state index contributed by atoms with van der Waals surface area (Å²) in [5, 5.41) is 3.61. The molecule has 1 aromatic heterocycles. The number of thiophene rings is 1. The van der Waals surface area contributed by atoms with E-state index in [1.807, 2.05) is 0 Å². The van der Waals surface area contributed by atoms with E-state index in [-0.39, 0.29) is 35.1 Å². The van der Waals surface area contributed by atoms with Gasteiger partial charge in [0.1, 0.15) is 9.88 Å². The summed E-state index contributed by atoms with van der Waals surface area (Å²) in [5.74, 6) is -1.62. The van der Waals surface area contributed by atoms with Crippen molar-refractivity contribution in [1.29, 1.82) is 0 Å². The maximum atomic E-state index is 12.5. The molecule has 2 aromatic rings. The summed E-state index contributed by atoms with van der Waals surface area (Å²) in [6, 6.07) is 4.95. The van der Waals surface area contributed by atoms with E-state index in [1.165, 1.54) is 0 Å². The Morgan fingerprint density at radius 1 is 1.04 bits per heavy atom. The molecule has 0 atom stereocenters. The van der Waals surface area contributed by atoms with Crippen molar-refractivity contribution < 1.29 is 23.9 Å². The summed E-state index contributed by atoms with van der Waals surface area (Å²) in [6.45, 7) is 5.31. The molecule has 1 N–H and O–H groups in total. The molecule has 150 valence electrons. The summed E-state index contributed by atoms with van der Waals surface area (Å²) in [7, 11) is 0. The maximum absolute atomic E-state index is 12.5. The van der Waals surface area contributed by atoms with Crippen LogP contribution in [0.4, 0.5) is 5.00 Å². The molecule has 9 heteroatoms. The number of hydrogen-bond donors (Lipinski definition) is 1. The number of carbonyl (C=O) groups is 3. The van der Waals surface area contributed by atoms with Gasteiger partial charge in [-0.2, -0.15) is 0 Å². The van der Waals surface area contributed by atoms with Gasteiger partial charge in [-0.05, 0) is 44.0 Å². The Balaban J connectivity index is 2.35. The van der Waals surface area contributed by atoms with E-state index < -0.39 is 17.8 Å². The SMILES string of the molecule is CCOC(=O)c1sc(NC(=O)Cc2c(Cl)cccc2Cl)c(C(=O)OCC)c1C. The van der Waals surface area contributed by atoms with Gasteiger partial charge < -0.3 is 14.8 Å². The largest absolute Gasteiger partial charge is 0.462 e. The van der Waals surface area contributed by atoms with Gasteiger partial charge in [-0.25, -0.2) is 9.59 Å². The van der Waals surface area contributed by atoms with E-state index in [2.05, 4.69) is 5.32 Å². The summed E-state index contributed by atoms with van der Waals surface area (Å²) in [5.41, 5.74) is 1.00. The van der Waals surface area contributed by atoms with Crippen LogP contribution in [0.15, 0.2) is 18.2 Å². The fourth-order valence-electron chi connectivity index (χ4n) is 2.47. The first-order chi connectivity index (χ1) is 13.3. The van der Waals surface area contributed by atoms with Crippen LogP contribution in [0, 0.1) is 6.92 Å². The molecular weight excluding hydrogens is 425 g/mol. The quantitative estimate of drug-likeness (QED) is 0.615. The molecule has 0 aliphatic rings. The van der Waals surface area contributed by atoms with Gasteiger partial charge >= 0.3 is 11.9 Å². The highest BCUT2D eigenvalue weighted by Gasteiger charge is 2.27. The van der Waals surface area contributed by atoms with E-state index in [4.69, 9.17) is 32.7 Å². The standard InChI is InChI=1S/C19H19Cl2NO5S/c1-4-26-18(24)15-10(3)16(19(25)27-5-2)28-17(15)22-14(23)9-11-12(20)7-6-8-13(11)21/h6-8H,4-5,9H2,1-3H3,(H,22,23). The lowest BCUT2D eigenvalue weighted by atomic mass is 10.1. The first-order valence-corrected chi connectivity index (χ1v) is 10.1. The summed E-state index contributed by atoms with van der Waals surface area (Å²) < 4.78 is 10.1. The number of halogens is 2. The molecule has 2 rings (SSSR count). The predicted octanol–water partition coefficient (Wildman–Crippen LogP) is 4.90.